The molecular formula is C26H27Cl2N5OS2. The standard InChI is InChI=1S/C26H27Cl2N5OS2/c1-5-10-33-23(18-9-7-16(27)12-20(18)28)31-32-25(33)35-14-22(34)30-24-19(13-29)17-8-6-15(26(2,3)4)11-21(17)36-24/h5,7,9,12,15H,1,6,8,10-11,14H2,2-4H3,(H,30,34). The number of thioether (sulfide) groups is 1. The van der Waals surface area contributed by atoms with E-state index in [1.54, 1.807) is 24.3 Å². The van der Waals surface area contributed by atoms with Gasteiger partial charge in [-0.3, -0.25) is 9.36 Å². The SMILES string of the molecule is C=CCn1c(SCC(=O)Nc2sc3c(c2C#N)CCC(C(C)(C)C)C3)nnc1-c1ccc(Cl)cc1Cl. The molecule has 1 amide bonds. The maximum Gasteiger partial charge on any atom is 0.235 e. The van der Waals surface area contributed by atoms with E-state index >= 15 is 0 Å². The van der Waals surface area contributed by atoms with Gasteiger partial charge in [-0.25, -0.2) is 0 Å². The molecule has 0 aliphatic heterocycles. The second-order valence-corrected chi connectivity index (χ2v) is 12.7. The first-order valence-electron chi connectivity index (χ1n) is 11.6. The van der Waals surface area contributed by atoms with Crippen LogP contribution in [0.1, 0.15) is 43.2 Å². The first kappa shape index (κ1) is 26.7. The summed E-state index contributed by atoms with van der Waals surface area (Å²) in [6.45, 7) is 11.1. The molecule has 188 valence electrons. The Morgan fingerprint density at radius 1 is 1.39 bits per heavy atom. The fourth-order valence-electron chi connectivity index (χ4n) is 4.38. The topological polar surface area (TPSA) is 83.6 Å². The summed E-state index contributed by atoms with van der Waals surface area (Å²) in [5, 5.41) is 23.6. The highest BCUT2D eigenvalue weighted by Gasteiger charge is 2.32. The maximum atomic E-state index is 12.9. The highest BCUT2D eigenvalue weighted by atomic mass is 35.5. The average Bonchev–Trinajstić information content (AvgIpc) is 3.37. The molecule has 1 N–H and O–H groups in total. The zero-order valence-corrected chi connectivity index (χ0v) is 23.5. The van der Waals surface area contributed by atoms with Gasteiger partial charge in [0.1, 0.15) is 11.1 Å². The molecule has 1 atom stereocenters. The third kappa shape index (κ3) is 5.65. The van der Waals surface area contributed by atoms with Crippen molar-refractivity contribution >= 4 is 57.2 Å². The number of aromatic nitrogens is 3. The molecule has 0 spiro atoms. The van der Waals surface area contributed by atoms with Crippen molar-refractivity contribution in [2.24, 2.45) is 11.3 Å². The number of halogens is 2. The lowest BCUT2D eigenvalue weighted by Crippen LogP contribution is -2.26. The molecule has 3 aromatic rings. The summed E-state index contributed by atoms with van der Waals surface area (Å²) < 4.78 is 1.86. The van der Waals surface area contributed by atoms with E-state index in [-0.39, 0.29) is 17.1 Å². The number of nitrogens with one attached hydrogen (secondary N) is 1. The van der Waals surface area contributed by atoms with E-state index in [1.807, 2.05) is 4.57 Å². The van der Waals surface area contributed by atoms with Crippen molar-refractivity contribution in [2.45, 2.75) is 51.7 Å². The molecule has 4 rings (SSSR count). The lowest BCUT2D eigenvalue weighted by Gasteiger charge is -2.33. The number of fused-ring (bicyclic) bond motifs is 1. The fraction of sp³-hybridized carbons (Fsp3) is 0.385. The summed E-state index contributed by atoms with van der Waals surface area (Å²) in [7, 11) is 0. The number of carbonyl (C=O) groups excluding carboxylic acids is 1. The molecular weight excluding hydrogens is 533 g/mol. The number of nitriles is 1. The number of rotatable bonds is 7. The van der Waals surface area contributed by atoms with Crippen molar-refractivity contribution in [3.05, 3.63) is 56.9 Å². The lowest BCUT2D eigenvalue weighted by atomic mass is 9.72. The van der Waals surface area contributed by atoms with Gasteiger partial charge in [0.25, 0.3) is 0 Å². The van der Waals surface area contributed by atoms with E-state index in [1.165, 1.54) is 28.0 Å². The predicted octanol–water partition coefficient (Wildman–Crippen LogP) is 7.25. The summed E-state index contributed by atoms with van der Waals surface area (Å²) in [5.74, 6) is 1.07. The van der Waals surface area contributed by atoms with Gasteiger partial charge in [0.15, 0.2) is 11.0 Å². The van der Waals surface area contributed by atoms with Crippen LogP contribution in [0, 0.1) is 22.7 Å². The highest BCUT2D eigenvalue weighted by molar-refractivity contribution is 7.99. The second-order valence-electron chi connectivity index (χ2n) is 9.79. The average molecular weight is 561 g/mol. The quantitative estimate of drug-likeness (QED) is 0.243. The smallest absolute Gasteiger partial charge is 0.235 e. The molecule has 10 heteroatoms. The first-order chi connectivity index (χ1) is 17.1. The molecule has 0 fully saturated rings. The van der Waals surface area contributed by atoms with Crippen LogP contribution < -0.4 is 5.32 Å². The van der Waals surface area contributed by atoms with Gasteiger partial charge >= 0.3 is 0 Å². The van der Waals surface area contributed by atoms with E-state index < -0.39 is 0 Å². The van der Waals surface area contributed by atoms with Crippen molar-refractivity contribution in [3.63, 3.8) is 0 Å². The molecule has 0 saturated heterocycles. The largest absolute Gasteiger partial charge is 0.316 e. The molecule has 1 unspecified atom stereocenters. The van der Waals surface area contributed by atoms with Crippen LogP contribution in [0.3, 0.4) is 0 Å². The van der Waals surface area contributed by atoms with Crippen molar-refractivity contribution in [1.82, 2.24) is 14.8 Å². The zero-order valence-electron chi connectivity index (χ0n) is 20.4. The number of allylic oxidation sites excluding steroid dienone is 1. The summed E-state index contributed by atoms with van der Waals surface area (Å²) in [6, 6.07) is 7.51. The van der Waals surface area contributed by atoms with E-state index in [4.69, 9.17) is 23.2 Å². The summed E-state index contributed by atoms with van der Waals surface area (Å²) >= 11 is 15.2. The van der Waals surface area contributed by atoms with E-state index in [2.05, 4.69) is 48.9 Å². The molecule has 0 radical (unpaired) electrons. The van der Waals surface area contributed by atoms with Crippen LogP contribution in [-0.2, 0) is 24.2 Å². The molecule has 1 aromatic carbocycles. The summed E-state index contributed by atoms with van der Waals surface area (Å²) in [6.07, 6.45) is 4.62. The number of carbonyl (C=O) groups is 1. The number of thiophene rings is 1. The van der Waals surface area contributed by atoms with Crippen LogP contribution in [0.25, 0.3) is 11.4 Å². The maximum absolute atomic E-state index is 12.9. The molecule has 36 heavy (non-hydrogen) atoms. The minimum absolute atomic E-state index is 0.127. The third-order valence-electron chi connectivity index (χ3n) is 6.39. The third-order valence-corrected chi connectivity index (χ3v) is 9.07. The summed E-state index contributed by atoms with van der Waals surface area (Å²) in [5.41, 5.74) is 2.62. The second kappa shape index (κ2) is 11.0. The number of benzene rings is 1. The van der Waals surface area contributed by atoms with Gasteiger partial charge in [-0.05, 0) is 54.4 Å². The van der Waals surface area contributed by atoms with E-state index in [9.17, 15) is 10.1 Å². The van der Waals surface area contributed by atoms with Gasteiger partial charge in [-0.15, -0.1) is 28.1 Å². The van der Waals surface area contributed by atoms with Crippen LogP contribution in [0.5, 0.6) is 0 Å². The van der Waals surface area contributed by atoms with Crippen molar-refractivity contribution in [3.8, 4) is 17.5 Å². The lowest BCUT2D eigenvalue weighted by molar-refractivity contribution is -0.113. The molecule has 1 aliphatic rings. The Balaban J connectivity index is 1.49. The van der Waals surface area contributed by atoms with Crippen molar-refractivity contribution in [1.29, 1.82) is 5.26 Å². The number of amides is 1. The van der Waals surface area contributed by atoms with E-state index in [0.717, 1.165) is 24.8 Å². The number of nitrogens with zero attached hydrogens (tertiary/aromatic N) is 4. The van der Waals surface area contributed by atoms with Crippen molar-refractivity contribution in [2.75, 3.05) is 11.1 Å². The van der Waals surface area contributed by atoms with Gasteiger partial charge in [0, 0.05) is 22.0 Å². The number of anilines is 1. The fourth-order valence-corrected chi connectivity index (χ4v) is 6.92. The Bertz CT molecular complexity index is 1350. The first-order valence-corrected chi connectivity index (χ1v) is 14.1. The van der Waals surface area contributed by atoms with Crippen LogP contribution in [0.15, 0.2) is 36.0 Å². The van der Waals surface area contributed by atoms with Crippen LogP contribution in [-0.4, -0.2) is 26.4 Å². The highest BCUT2D eigenvalue weighted by Crippen LogP contribution is 2.44. The van der Waals surface area contributed by atoms with Crippen LogP contribution in [0.4, 0.5) is 5.00 Å². The van der Waals surface area contributed by atoms with Gasteiger partial charge < -0.3 is 5.32 Å². The van der Waals surface area contributed by atoms with E-state index in [0.29, 0.717) is 49.6 Å². The Kier molecular flexibility index (Phi) is 8.15. The molecule has 6 nitrogen and oxygen atoms in total. The normalized spacial score (nSPS) is 15.3. The molecule has 0 bridgehead atoms. The molecule has 2 aromatic heterocycles. The van der Waals surface area contributed by atoms with Crippen LogP contribution >= 0.6 is 46.3 Å². The monoisotopic (exact) mass is 559 g/mol. The van der Waals surface area contributed by atoms with Gasteiger partial charge in [0.2, 0.25) is 5.91 Å². The van der Waals surface area contributed by atoms with Crippen LogP contribution in [0.2, 0.25) is 10.0 Å². The van der Waals surface area contributed by atoms with Gasteiger partial charge in [-0.2, -0.15) is 5.26 Å². The molecule has 0 saturated carbocycles. The van der Waals surface area contributed by atoms with Crippen molar-refractivity contribution < 1.29 is 4.79 Å². The minimum Gasteiger partial charge on any atom is -0.316 e. The Labute approximate surface area is 229 Å². The summed E-state index contributed by atoms with van der Waals surface area (Å²) in [4.78, 5) is 14.1. The zero-order chi connectivity index (χ0) is 26.0. The molecule has 1 aliphatic carbocycles. The minimum atomic E-state index is -0.193. The Morgan fingerprint density at radius 3 is 2.83 bits per heavy atom. The molecule has 2 heterocycles. The number of hydrogen-bond acceptors (Lipinski definition) is 6. The predicted molar refractivity (Wildman–Crippen MR) is 149 cm³/mol. The Hall–Kier alpha value is -2.31. The van der Waals surface area contributed by atoms with Gasteiger partial charge in [0.05, 0.1) is 16.3 Å². The van der Waals surface area contributed by atoms with Gasteiger partial charge in [-0.1, -0.05) is 61.8 Å². The Morgan fingerprint density at radius 2 is 2.17 bits per heavy atom. The number of hydrogen-bond donors (Lipinski definition) is 1.